The Hall–Kier alpha value is -1.03. The molecule has 1 aliphatic rings. The number of nitrogens with one attached hydrogen (secondary N) is 1. The zero-order valence-electron chi connectivity index (χ0n) is 9.69. The van der Waals surface area contributed by atoms with Gasteiger partial charge in [0.25, 0.3) is 0 Å². The minimum Gasteiger partial charge on any atom is -0.466 e. The van der Waals surface area contributed by atoms with Crippen molar-refractivity contribution in [3.63, 3.8) is 0 Å². The zero-order chi connectivity index (χ0) is 11.3. The van der Waals surface area contributed by atoms with E-state index in [0.29, 0.717) is 12.1 Å². The summed E-state index contributed by atoms with van der Waals surface area (Å²) in [4.78, 5) is 10.8. The lowest BCUT2D eigenvalue weighted by Crippen LogP contribution is -2.50. The highest BCUT2D eigenvalue weighted by Gasteiger charge is 2.23. The molecule has 0 saturated carbocycles. The number of esters is 1. The van der Waals surface area contributed by atoms with Gasteiger partial charge in [-0.05, 0) is 26.7 Å². The van der Waals surface area contributed by atoms with Crippen LogP contribution in [0, 0.1) is 0 Å². The first-order chi connectivity index (χ1) is 7.15. The van der Waals surface area contributed by atoms with Gasteiger partial charge < -0.3 is 10.2 Å². The van der Waals surface area contributed by atoms with Crippen molar-refractivity contribution in [2.75, 3.05) is 7.11 Å². The molecule has 0 aromatic rings. The van der Waals surface area contributed by atoms with Gasteiger partial charge in [0.05, 0.1) is 7.11 Å². The van der Waals surface area contributed by atoms with Gasteiger partial charge in [-0.15, -0.1) is 0 Å². The highest BCUT2D eigenvalue weighted by atomic mass is 16.5. The number of carbonyl (C=O) groups is 1. The number of ether oxygens (including phenoxy) is 1. The first kappa shape index (κ1) is 12.0. The summed E-state index contributed by atoms with van der Waals surface area (Å²) in [5, 5.41) is 2.18. The fourth-order valence-corrected chi connectivity index (χ4v) is 1.94. The quantitative estimate of drug-likeness (QED) is 0.568. The Balaban J connectivity index is 2.41. The van der Waals surface area contributed by atoms with Gasteiger partial charge in [0.1, 0.15) is 0 Å². The van der Waals surface area contributed by atoms with Gasteiger partial charge in [0.2, 0.25) is 0 Å². The van der Waals surface area contributed by atoms with E-state index in [1.165, 1.54) is 32.4 Å². The van der Waals surface area contributed by atoms with E-state index < -0.39 is 0 Å². The second kappa shape index (κ2) is 5.75. The smallest absolute Gasteiger partial charge is 0.331 e. The number of nitrogens with zero attached hydrogens (tertiary/aromatic N) is 1. The Morgan fingerprint density at radius 1 is 1.40 bits per heavy atom. The summed E-state index contributed by atoms with van der Waals surface area (Å²) in [6.45, 7) is 4.38. The Bertz CT molecular complexity index is 231. The first-order valence-corrected chi connectivity index (χ1v) is 5.44. The zero-order valence-corrected chi connectivity index (χ0v) is 9.69. The lowest BCUT2D eigenvalue weighted by Gasteiger charge is -2.38. The van der Waals surface area contributed by atoms with Crippen LogP contribution in [0.4, 0.5) is 0 Å². The largest absolute Gasteiger partial charge is 0.466 e. The molecule has 1 aliphatic heterocycles. The summed E-state index contributed by atoms with van der Waals surface area (Å²) in [5.74, 6) is -0.334. The third-order valence-electron chi connectivity index (χ3n) is 2.84. The topological polar surface area (TPSA) is 41.6 Å². The van der Waals surface area contributed by atoms with Crippen molar-refractivity contribution in [3.8, 4) is 0 Å². The predicted octanol–water partition coefficient (Wildman–Crippen LogP) is 1.44. The number of hydrogen-bond donors (Lipinski definition) is 1. The van der Waals surface area contributed by atoms with Crippen LogP contribution in [0.3, 0.4) is 0 Å². The van der Waals surface area contributed by atoms with Crippen LogP contribution in [0.2, 0.25) is 0 Å². The second-order valence-electron chi connectivity index (χ2n) is 4.02. The third kappa shape index (κ3) is 3.55. The van der Waals surface area contributed by atoms with E-state index in [1.54, 1.807) is 6.20 Å². The molecule has 86 valence electrons. The number of hydrogen-bond acceptors (Lipinski definition) is 4. The molecule has 0 radical (unpaired) electrons. The summed E-state index contributed by atoms with van der Waals surface area (Å²) in [5.41, 5.74) is 3.14. The van der Waals surface area contributed by atoms with E-state index in [1.807, 2.05) is 0 Å². The third-order valence-corrected chi connectivity index (χ3v) is 2.84. The maximum atomic E-state index is 10.8. The van der Waals surface area contributed by atoms with Gasteiger partial charge in [-0.3, -0.25) is 0 Å². The van der Waals surface area contributed by atoms with Crippen LogP contribution in [0.5, 0.6) is 0 Å². The predicted molar refractivity (Wildman–Crippen MR) is 58.9 cm³/mol. The minimum atomic E-state index is -0.334. The minimum absolute atomic E-state index is 0.334. The van der Waals surface area contributed by atoms with Crippen molar-refractivity contribution in [1.29, 1.82) is 0 Å². The van der Waals surface area contributed by atoms with Gasteiger partial charge >= 0.3 is 5.97 Å². The molecule has 15 heavy (non-hydrogen) atoms. The maximum Gasteiger partial charge on any atom is 0.331 e. The molecule has 1 heterocycles. The van der Waals surface area contributed by atoms with Crippen LogP contribution in [0.15, 0.2) is 12.3 Å². The Kier molecular flexibility index (Phi) is 4.62. The molecule has 0 amide bonds. The Morgan fingerprint density at radius 2 is 2.00 bits per heavy atom. The van der Waals surface area contributed by atoms with Gasteiger partial charge in [-0.2, -0.15) is 0 Å². The lowest BCUT2D eigenvalue weighted by molar-refractivity contribution is -0.134. The Labute approximate surface area is 91.2 Å². The molecule has 0 aromatic carbocycles. The van der Waals surface area contributed by atoms with Crippen molar-refractivity contribution in [1.82, 2.24) is 10.4 Å². The van der Waals surface area contributed by atoms with Crippen molar-refractivity contribution in [2.24, 2.45) is 0 Å². The fourth-order valence-electron chi connectivity index (χ4n) is 1.94. The van der Waals surface area contributed by atoms with E-state index in [4.69, 9.17) is 0 Å². The molecule has 0 aliphatic carbocycles. The van der Waals surface area contributed by atoms with E-state index in [9.17, 15) is 4.79 Å². The van der Waals surface area contributed by atoms with Crippen LogP contribution in [0.1, 0.15) is 33.1 Å². The number of rotatable bonds is 3. The van der Waals surface area contributed by atoms with Crippen molar-refractivity contribution in [3.05, 3.63) is 12.3 Å². The Morgan fingerprint density at radius 3 is 2.53 bits per heavy atom. The molecular formula is C11H20N2O2. The summed E-state index contributed by atoms with van der Waals surface area (Å²) in [7, 11) is 1.37. The number of piperidine rings is 1. The maximum absolute atomic E-state index is 10.8. The summed E-state index contributed by atoms with van der Waals surface area (Å²) in [6, 6.07) is 1.02. The normalized spacial score (nSPS) is 27.9. The summed E-state index contributed by atoms with van der Waals surface area (Å²) >= 11 is 0. The molecule has 4 heteroatoms. The molecule has 1 fully saturated rings. The molecule has 1 saturated heterocycles. The summed E-state index contributed by atoms with van der Waals surface area (Å²) in [6.07, 6.45) is 6.71. The summed E-state index contributed by atoms with van der Waals surface area (Å²) < 4.78 is 4.51. The van der Waals surface area contributed by atoms with Gasteiger partial charge in [-0.25, -0.2) is 9.80 Å². The molecule has 2 atom stereocenters. The van der Waals surface area contributed by atoms with Crippen LogP contribution < -0.4 is 5.43 Å². The molecule has 4 nitrogen and oxygen atoms in total. The van der Waals surface area contributed by atoms with E-state index in [-0.39, 0.29) is 5.97 Å². The monoisotopic (exact) mass is 212 g/mol. The van der Waals surface area contributed by atoms with Crippen molar-refractivity contribution < 1.29 is 9.53 Å². The first-order valence-electron chi connectivity index (χ1n) is 5.44. The molecule has 0 aromatic heterocycles. The van der Waals surface area contributed by atoms with E-state index >= 15 is 0 Å². The average Bonchev–Trinajstić information content (AvgIpc) is 2.22. The van der Waals surface area contributed by atoms with Gasteiger partial charge in [0.15, 0.2) is 0 Å². The fraction of sp³-hybridized carbons (Fsp3) is 0.727. The molecule has 1 N–H and O–H groups in total. The lowest BCUT2D eigenvalue weighted by atomic mass is 10.00. The van der Waals surface area contributed by atoms with Crippen molar-refractivity contribution in [2.45, 2.75) is 45.2 Å². The number of hydrazine groups is 1. The second-order valence-corrected chi connectivity index (χ2v) is 4.02. The van der Waals surface area contributed by atoms with Crippen molar-refractivity contribution >= 4 is 5.97 Å². The van der Waals surface area contributed by atoms with Gasteiger partial charge in [-0.1, -0.05) is 6.42 Å². The van der Waals surface area contributed by atoms with Gasteiger partial charge in [0, 0.05) is 24.4 Å². The van der Waals surface area contributed by atoms with E-state index in [0.717, 1.165) is 0 Å². The van der Waals surface area contributed by atoms with Crippen LogP contribution >= 0.6 is 0 Å². The molecule has 0 bridgehead atoms. The van der Waals surface area contributed by atoms with E-state index in [2.05, 4.69) is 29.0 Å². The van der Waals surface area contributed by atoms with Crippen LogP contribution in [-0.2, 0) is 9.53 Å². The van der Waals surface area contributed by atoms with Crippen LogP contribution in [-0.4, -0.2) is 30.2 Å². The highest BCUT2D eigenvalue weighted by molar-refractivity contribution is 5.81. The molecular weight excluding hydrogens is 192 g/mol. The molecule has 0 spiro atoms. The SMILES string of the molecule is COC(=O)/C=C/NN1C(C)CCCC1C. The standard InChI is InChI=1S/C11H20N2O2/c1-9-5-4-6-10(2)13(9)12-8-7-11(14)15-3/h7-10,12H,4-6H2,1-3H3/b8-7+. The van der Waals surface area contributed by atoms with Crippen LogP contribution in [0.25, 0.3) is 0 Å². The number of carbonyl (C=O) groups excluding carboxylic acids is 1. The molecule has 1 rings (SSSR count). The molecule has 2 unspecified atom stereocenters. The number of methoxy groups -OCH3 is 1. The average molecular weight is 212 g/mol. The highest BCUT2D eigenvalue weighted by Crippen LogP contribution is 2.19.